The van der Waals surface area contributed by atoms with Crippen molar-refractivity contribution in [1.29, 1.82) is 0 Å². The van der Waals surface area contributed by atoms with Crippen molar-refractivity contribution in [2.24, 2.45) is 0 Å². The lowest BCUT2D eigenvalue weighted by Crippen LogP contribution is -2.48. The molecule has 0 spiro atoms. The third kappa shape index (κ3) is 3.57. The van der Waals surface area contributed by atoms with Gasteiger partial charge in [0.05, 0.1) is 13.0 Å². The van der Waals surface area contributed by atoms with Crippen LogP contribution in [0.5, 0.6) is 0 Å². The number of benzene rings is 1. The minimum absolute atomic E-state index is 0.0588. The number of carbonyl (C=O) groups is 2. The van der Waals surface area contributed by atoms with Gasteiger partial charge in [-0.15, -0.1) is 0 Å². The number of likely N-dealkylation sites (N-methyl/N-ethyl adjacent to an activating group) is 1. The van der Waals surface area contributed by atoms with Crippen LogP contribution < -0.4 is 5.32 Å². The van der Waals surface area contributed by atoms with Gasteiger partial charge in [0.1, 0.15) is 6.10 Å². The minimum atomic E-state index is -0.659. The average Bonchev–Trinajstić information content (AvgIpc) is 2.41. The summed E-state index contributed by atoms with van der Waals surface area (Å²) < 4.78 is 5.40. The van der Waals surface area contributed by atoms with Gasteiger partial charge in [-0.3, -0.25) is 9.59 Å². The van der Waals surface area contributed by atoms with Crippen LogP contribution in [0.3, 0.4) is 0 Å². The molecule has 1 aromatic rings. The number of ether oxygens (including phenoxy) is 1. The first kappa shape index (κ1) is 14.5. The molecule has 0 bridgehead atoms. The summed E-state index contributed by atoms with van der Waals surface area (Å²) in [6.07, 6.45) is -0.600. The van der Waals surface area contributed by atoms with Crippen LogP contribution in [0.4, 0.5) is 5.69 Å². The molecule has 1 aliphatic heterocycles. The van der Waals surface area contributed by atoms with E-state index in [1.807, 2.05) is 38.1 Å². The van der Waals surface area contributed by atoms with Gasteiger partial charge in [0.15, 0.2) is 0 Å². The molecule has 1 atom stereocenters. The van der Waals surface area contributed by atoms with E-state index >= 15 is 0 Å². The zero-order valence-electron chi connectivity index (χ0n) is 11.9. The van der Waals surface area contributed by atoms with Crippen LogP contribution >= 0.6 is 0 Å². The Bertz CT molecular complexity index is 502. The van der Waals surface area contributed by atoms with Gasteiger partial charge in [-0.05, 0) is 31.5 Å². The number of hydrogen-bond acceptors (Lipinski definition) is 3. The number of hydrogen-bond donors (Lipinski definition) is 1. The molecular formula is C15H20N2O3. The molecule has 1 aliphatic rings. The number of nitrogens with zero attached hydrogens (tertiary/aromatic N) is 1. The molecule has 1 N–H and O–H groups in total. The summed E-state index contributed by atoms with van der Waals surface area (Å²) in [4.78, 5) is 25.7. The summed E-state index contributed by atoms with van der Waals surface area (Å²) in [7, 11) is 0. The lowest BCUT2D eigenvalue weighted by Gasteiger charge is -2.31. The second-order valence-corrected chi connectivity index (χ2v) is 4.90. The molecule has 20 heavy (non-hydrogen) atoms. The molecule has 0 saturated carbocycles. The molecule has 1 saturated heterocycles. The van der Waals surface area contributed by atoms with Gasteiger partial charge >= 0.3 is 0 Å². The smallest absolute Gasteiger partial charge is 0.252 e. The maximum atomic E-state index is 12.0. The SMILES string of the molecule is CCN1CCO[C@@H](CC(=O)Nc2cccc(C)c2)C1=O. The molecule has 5 heteroatoms. The van der Waals surface area contributed by atoms with Gasteiger partial charge in [-0.2, -0.15) is 0 Å². The lowest BCUT2D eigenvalue weighted by atomic mass is 10.1. The van der Waals surface area contributed by atoms with Gasteiger partial charge in [0.2, 0.25) is 5.91 Å². The van der Waals surface area contributed by atoms with Crippen molar-refractivity contribution in [3.05, 3.63) is 29.8 Å². The summed E-state index contributed by atoms with van der Waals surface area (Å²) in [5.41, 5.74) is 1.82. The Morgan fingerprint density at radius 3 is 3.00 bits per heavy atom. The number of carbonyl (C=O) groups excluding carboxylic acids is 2. The predicted molar refractivity (Wildman–Crippen MR) is 76.4 cm³/mol. The Morgan fingerprint density at radius 2 is 2.30 bits per heavy atom. The number of morpholine rings is 1. The summed E-state index contributed by atoms with van der Waals surface area (Å²) in [5.74, 6) is -0.301. The van der Waals surface area contributed by atoms with E-state index in [1.165, 1.54) is 0 Å². The van der Waals surface area contributed by atoms with Crippen molar-refractivity contribution in [3.8, 4) is 0 Å². The van der Waals surface area contributed by atoms with E-state index in [0.29, 0.717) is 19.7 Å². The zero-order chi connectivity index (χ0) is 14.5. The molecule has 5 nitrogen and oxygen atoms in total. The van der Waals surface area contributed by atoms with Crippen LogP contribution in [-0.2, 0) is 14.3 Å². The average molecular weight is 276 g/mol. The highest BCUT2D eigenvalue weighted by Crippen LogP contribution is 2.13. The van der Waals surface area contributed by atoms with Gasteiger partial charge in [0.25, 0.3) is 5.91 Å². The Labute approximate surface area is 118 Å². The molecule has 0 aromatic heterocycles. The monoisotopic (exact) mass is 276 g/mol. The standard InChI is InChI=1S/C15H20N2O3/c1-3-17-7-8-20-13(15(17)19)10-14(18)16-12-6-4-5-11(2)9-12/h4-6,9,13H,3,7-8,10H2,1-2H3,(H,16,18)/t13-/m0/s1. The molecule has 0 unspecified atom stereocenters. The van der Waals surface area contributed by atoms with Gasteiger partial charge in [0, 0.05) is 18.8 Å². The lowest BCUT2D eigenvalue weighted by molar-refractivity contribution is -0.154. The van der Waals surface area contributed by atoms with Crippen molar-refractivity contribution in [1.82, 2.24) is 4.90 Å². The van der Waals surface area contributed by atoms with E-state index in [1.54, 1.807) is 4.90 Å². The van der Waals surface area contributed by atoms with Crippen LogP contribution in [0, 0.1) is 6.92 Å². The second-order valence-electron chi connectivity index (χ2n) is 4.90. The number of anilines is 1. The summed E-state index contributed by atoms with van der Waals surface area (Å²) in [6, 6.07) is 7.56. The number of amides is 2. The van der Waals surface area contributed by atoms with E-state index in [-0.39, 0.29) is 18.2 Å². The largest absolute Gasteiger partial charge is 0.366 e. The topological polar surface area (TPSA) is 58.6 Å². The number of aryl methyl sites for hydroxylation is 1. The summed E-state index contributed by atoms with van der Waals surface area (Å²) >= 11 is 0. The summed E-state index contributed by atoms with van der Waals surface area (Å²) in [5, 5.41) is 2.79. The quantitative estimate of drug-likeness (QED) is 0.908. The van der Waals surface area contributed by atoms with Crippen molar-refractivity contribution < 1.29 is 14.3 Å². The highest BCUT2D eigenvalue weighted by molar-refractivity contribution is 5.95. The molecule has 0 aliphatic carbocycles. The van der Waals surface area contributed by atoms with E-state index < -0.39 is 6.10 Å². The van der Waals surface area contributed by atoms with Crippen LogP contribution in [0.15, 0.2) is 24.3 Å². The molecule has 2 rings (SSSR count). The van der Waals surface area contributed by atoms with Crippen molar-refractivity contribution in [2.75, 3.05) is 25.0 Å². The molecular weight excluding hydrogens is 256 g/mol. The van der Waals surface area contributed by atoms with E-state index in [2.05, 4.69) is 5.32 Å². The van der Waals surface area contributed by atoms with Gasteiger partial charge < -0.3 is 15.0 Å². The third-order valence-electron chi connectivity index (χ3n) is 3.32. The van der Waals surface area contributed by atoms with Gasteiger partial charge in [-0.1, -0.05) is 12.1 Å². The predicted octanol–water partition coefficient (Wildman–Crippen LogP) is 1.57. The Balaban J connectivity index is 1.92. The highest BCUT2D eigenvalue weighted by Gasteiger charge is 2.30. The fraction of sp³-hybridized carbons (Fsp3) is 0.467. The normalized spacial score (nSPS) is 19.0. The van der Waals surface area contributed by atoms with Crippen molar-refractivity contribution >= 4 is 17.5 Å². The van der Waals surface area contributed by atoms with Gasteiger partial charge in [-0.25, -0.2) is 0 Å². The van der Waals surface area contributed by atoms with Crippen molar-refractivity contribution in [3.63, 3.8) is 0 Å². The van der Waals surface area contributed by atoms with Crippen LogP contribution in [0.1, 0.15) is 18.9 Å². The molecule has 2 amide bonds. The maximum absolute atomic E-state index is 12.0. The molecule has 1 fully saturated rings. The van der Waals surface area contributed by atoms with Crippen LogP contribution in [0.2, 0.25) is 0 Å². The highest BCUT2D eigenvalue weighted by atomic mass is 16.5. The first-order valence-electron chi connectivity index (χ1n) is 6.87. The Hall–Kier alpha value is -1.88. The Morgan fingerprint density at radius 1 is 1.50 bits per heavy atom. The minimum Gasteiger partial charge on any atom is -0.366 e. The first-order chi connectivity index (χ1) is 9.60. The van der Waals surface area contributed by atoms with Crippen LogP contribution in [-0.4, -0.2) is 42.5 Å². The number of nitrogens with one attached hydrogen (secondary N) is 1. The molecule has 1 heterocycles. The molecule has 1 aromatic carbocycles. The third-order valence-corrected chi connectivity index (χ3v) is 3.32. The number of rotatable bonds is 4. The molecule has 0 radical (unpaired) electrons. The fourth-order valence-corrected chi connectivity index (χ4v) is 2.25. The van der Waals surface area contributed by atoms with Crippen LogP contribution in [0.25, 0.3) is 0 Å². The van der Waals surface area contributed by atoms with E-state index in [0.717, 1.165) is 11.3 Å². The Kier molecular flexibility index (Phi) is 4.74. The summed E-state index contributed by atoms with van der Waals surface area (Å²) in [6.45, 7) is 5.63. The van der Waals surface area contributed by atoms with E-state index in [4.69, 9.17) is 4.74 Å². The fourth-order valence-electron chi connectivity index (χ4n) is 2.25. The zero-order valence-corrected chi connectivity index (χ0v) is 11.9. The molecule has 108 valence electrons. The van der Waals surface area contributed by atoms with E-state index in [9.17, 15) is 9.59 Å². The first-order valence-corrected chi connectivity index (χ1v) is 6.87. The van der Waals surface area contributed by atoms with Crippen molar-refractivity contribution in [2.45, 2.75) is 26.4 Å². The second kappa shape index (κ2) is 6.52. The maximum Gasteiger partial charge on any atom is 0.252 e.